The molecule has 1 saturated heterocycles. The minimum atomic E-state index is -0.414. The van der Waals surface area contributed by atoms with E-state index in [1.165, 1.54) is 25.3 Å². The lowest BCUT2D eigenvalue weighted by molar-refractivity contribution is -0.218. The van der Waals surface area contributed by atoms with Crippen molar-refractivity contribution in [2.45, 2.75) is 46.8 Å². The van der Waals surface area contributed by atoms with Crippen LogP contribution in [0.2, 0.25) is 0 Å². The molecule has 20 heavy (non-hydrogen) atoms. The molecule has 2 aliphatic carbocycles. The highest BCUT2D eigenvalue weighted by Crippen LogP contribution is 2.66. The number of hydrogen-bond donors (Lipinski definition) is 0. The van der Waals surface area contributed by atoms with Gasteiger partial charge < -0.3 is 9.47 Å². The number of rotatable bonds is 2. The van der Waals surface area contributed by atoms with Crippen LogP contribution in [0.4, 0.5) is 0 Å². The van der Waals surface area contributed by atoms with Gasteiger partial charge >= 0.3 is 5.97 Å². The molecule has 0 aromatic carbocycles. The average Bonchev–Trinajstić information content (AvgIpc) is 2.46. The third-order valence-corrected chi connectivity index (χ3v) is 6.20. The second-order valence-corrected chi connectivity index (χ2v) is 7.41. The third kappa shape index (κ3) is 1.78. The summed E-state index contributed by atoms with van der Waals surface area (Å²) < 4.78 is 11.3. The van der Waals surface area contributed by atoms with Crippen LogP contribution in [0.1, 0.15) is 40.5 Å². The summed E-state index contributed by atoms with van der Waals surface area (Å²) in [7, 11) is 0. The Morgan fingerprint density at radius 2 is 2.20 bits per heavy atom. The first-order valence-corrected chi connectivity index (χ1v) is 7.84. The van der Waals surface area contributed by atoms with E-state index in [1.807, 2.05) is 0 Å². The number of carbonyl (C=O) groups excluding carboxylic acids is 1. The highest BCUT2D eigenvalue weighted by Gasteiger charge is 2.63. The molecule has 0 aromatic heterocycles. The molecule has 6 unspecified atom stereocenters. The van der Waals surface area contributed by atoms with Gasteiger partial charge in [0.1, 0.15) is 0 Å². The van der Waals surface area contributed by atoms with Crippen molar-refractivity contribution in [1.29, 1.82) is 0 Å². The maximum atomic E-state index is 11.3. The van der Waals surface area contributed by atoms with Crippen molar-refractivity contribution in [3.63, 3.8) is 0 Å². The Morgan fingerprint density at radius 1 is 1.50 bits per heavy atom. The predicted octanol–water partition coefficient (Wildman–Crippen LogP) is 3.40. The zero-order valence-electron chi connectivity index (χ0n) is 13.0. The largest absolute Gasteiger partial charge is 0.435 e. The van der Waals surface area contributed by atoms with E-state index in [2.05, 4.69) is 27.4 Å². The molecule has 0 radical (unpaired) electrons. The molecule has 2 saturated carbocycles. The first-order chi connectivity index (χ1) is 9.36. The van der Waals surface area contributed by atoms with Crippen molar-refractivity contribution >= 4 is 5.97 Å². The van der Waals surface area contributed by atoms with E-state index in [1.54, 1.807) is 0 Å². The Hall–Kier alpha value is -0.830. The van der Waals surface area contributed by atoms with Crippen LogP contribution in [0.15, 0.2) is 12.2 Å². The van der Waals surface area contributed by atoms with Crippen molar-refractivity contribution in [3.8, 4) is 0 Å². The molecular formula is C17H26O3. The molecule has 0 N–H and O–H groups in total. The molecule has 112 valence electrons. The highest BCUT2D eigenvalue weighted by molar-refractivity contribution is 5.66. The fourth-order valence-electron chi connectivity index (χ4n) is 5.09. The fourth-order valence-corrected chi connectivity index (χ4v) is 5.09. The summed E-state index contributed by atoms with van der Waals surface area (Å²) in [5.74, 6) is 2.41. The van der Waals surface area contributed by atoms with Crippen molar-refractivity contribution in [3.05, 3.63) is 12.2 Å². The quantitative estimate of drug-likeness (QED) is 0.573. The first kappa shape index (κ1) is 14.1. The number of esters is 1. The standard InChI is InChI=1S/C17H26O3/c1-9(2)12-6-7-17(5)10(3)14-15(12)13(17)8-19-16(14)20-11(4)18/h9,12-16H,3,6-8H2,1-2,4-5H3. The van der Waals surface area contributed by atoms with Crippen LogP contribution in [0.25, 0.3) is 0 Å². The fraction of sp³-hybridized carbons (Fsp3) is 0.824. The van der Waals surface area contributed by atoms with Crippen LogP contribution >= 0.6 is 0 Å². The zero-order valence-corrected chi connectivity index (χ0v) is 13.0. The van der Waals surface area contributed by atoms with E-state index in [-0.39, 0.29) is 17.3 Å². The Labute approximate surface area is 121 Å². The van der Waals surface area contributed by atoms with Crippen molar-refractivity contribution in [1.82, 2.24) is 0 Å². The zero-order chi connectivity index (χ0) is 14.7. The van der Waals surface area contributed by atoms with E-state index in [0.717, 1.165) is 0 Å². The highest BCUT2D eigenvalue weighted by atomic mass is 16.7. The lowest BCUT2D eigenvalue weighted by Crippen LogP contribution is -2.47. The summed E-state index contributed by atoms with van der Waals surface area (Å²) in [5, 5.41) is 0. The van der Waals surface area contributed by atoms with Gasteiger partial charge in [-0.15, -0.1) is 0 Å². The summed E-state index contributed by atoms with van der Waals surface area (Å²) in [6.45, 7) is 13.5. The van der Waals surface area contributed by atoms with Crippen molar-refractivity contribution < 1.29 is 14.3 Å². The van der Waals surface area contributed by atoms with Gasteiger partial charge in [-0.05, 0) is 41.9 Å². The van der Waals surface area contributed by atoms with Gasteiger partial charge in [-0.1, -0.05) is 32.9 Å². The minimum absolute atomic E-state index is 0.176. The lowest BCUT2D eigenvalue weighted by atomic mass is 9.61. The van der Waals surface area contributed by atoms with Gasteiger partial charge in [0.2, 0.25) is 6.29 Å². The molecule has 6 atom stereocenters. The Kier molecular flexibility index (Phi) is 3.24. The monoisotopic (exact) mass is 278 g/mol. The second kappa shape index (κ2) is 4.59. The van der Waals surface area contributed by atoms with Gasteiger partial charge in [-0.3, -0.25) is 4.79 Å². The Balaban J connectivity index is 1.97. The maximum Gasteiger partial charge on any atom is 0.304 e. The van der Waals surface area contributed by atoms with Gasteiger partial charge in [0.05, 0.1) is 6.61 Å². The van der Waals surface area contributed by atoms with Crippen LogP contribution in [0.5, 0.6) is 0 Å². The van der Waals surface area contributed by atoms with Crippen molar-refractivity contribution in [2.75, 3.05) is 6.61 Å². The molecule has 3 rings (SSSR count). The van der Waals surface area contributed by atoms with Crippen LogP contribution in [-0.2, 0) is 14.3 Å². The summed E-state index contributed by atoms with van der Waals surface area (Å²) in [6.07, 6.45) is 2.04. The third-order valence-electron chi connectivity index (χ3n) is 6.20. The van der Waals surface area contributed by atoms with Crippen LogP contribution in [-0.4, -0.2) is 18.9 Å². The van der Waals surface area contributed by atoms with Gasteiger partial charge in [-0.2, -0.15) is 0 Å². The summed E-state index contributed by atoms with van der Waals surface area (Å²) in [6, 6.07) is 0. The summed E-state index contributed by atoms with van der Waals surface area (Å²) in [5.41, 5.74) is 1.44. The molecule has 1 aliphatic heterocycles. The maximum absolute atomic E-state index is 11.3. The Morgan fingerprint density at radius 3 is 2.80 bits per heavy atom. The predicted molar refractivity (Wildman–Crippen MR) is 76.8 cm³/mol. The molecule has 3 aliphatic rings. The van der Waals surface area contributed by atoms with Gasteiger partial charge in [0.15, 0.2) is 0 Å². The average molecular weight is 278 g/mol. The van der Waals surface area contributed by atoms with Gasteiger partial charge in [-0.25, -0.2) is 0 Å². The summed E-state index contributed by atoms with van der Waals surface area (Å²) >= 11 is 0. The smallest absolute Gasteiger partial charge is 0.304 e. The SMILES string of the molecule is C=C1C2C(OC(C)=O)OCC3C2C(C(C)C)CCC13C. The molecule has 3 nitrogen and oxygen atoms in total. The van der Waals surface area contributed by atoms with Gasteiger partial charge in [0.25, 0.3) is 0 Å². The molecular weight excluding hydrogens is 252 g/mol. The molecule has 0 spiro atoms. The van der Waals surface area contributed by atoms with Gasteiger partial charge in [0, 0.05) is 12.8 Å². The summed E-state index contributed by atoms with van der Waals surface area (Å²) in [4.78, 5) is 11.3. The Bertz CT molecular complexity index is 442. The molecule has 0 aromatic rings. The molecule has 3 heteroatoms. The van der Waals surface area contributed by atoms with Crippen molar-refractivity contribution in [2.24, 2.45) is 35.0 Å². The molecule has 0 amide bonds. The van der Waals surface area contributed by atoms with E-state index < -0.39 is 6.29 Å². The van der Waals surface area contributed by atoms with E-state index in [4.69, 9.17) is 9.47 Å². The number of ether oxygens (including phenoxy) is 2. The number of carbonyl (C=O) groups is 1. The van der Waals surface area contributed by atoms with Crippen LogP contribution in [0, 0.1) is 35.0 Å². The van der Waals surface area contributed by atoms with E-state index >= 15 is 0 Å². The normalized spacial score (nSPS) is 46.6. The van der Waals surface area contributed by atoms with Crippen LogP contribution in [0.3, 0.4) is 0 Å². The first-order valence-electron chi connectivity index (χ1n) is 7.84. The molecule has 4 bridgehead atoms. The number of hydrogen-bond acceptors (Lipinski definition) is 3. The minimum Gasteiger partial charge on any atom is -0.435 e. The van der Waals surface area contributed by atoms with E-state index in [0.29, 0.717) is 30.3 Å². The second-order valence-electron chi connectivity index (χ2n) is 7.41. The lowest BCUT2D eigenvalue weighted by Gasteiger charge is -2.47. The van der Waals surface area contributed by atoms with Crippen LogP contribution < -0.4 is 0 Å². The topological polar surface area (TPSA) is 35.5 Å². The van der Waals surface area contributed by atoms with E-state index in [9.17, 15) is 4.79 Å². The molecule has 1 heterocycles. The molecule has 3 fully saturated rings.